The largest absolute Gasteiger partial charge is 0.354 e. The summed E-state index contributed by atoms with van der Waals surface area (Å²) in [7, 11) is 0. The first-order valence-electron chi connectivity index (χ1n) is 9.19. The van der Waals surface area contributed by atoms with Crippen molar-refractivity contribution in [3.8, 4) is 0 Å². The van der Waals surface area contributed by atoms with Gasteiger partial charge in [0.05, 0.1) is 0 Å². The van der Waals surface area contributed by atoms with Crippen LogP contribution in [0.3, 0.4) is 0 Å². The summed E-state index contributed by atoms with van der Waals surface area (Å²) in [5, 5.41) is 3.78. The minimum absolute atomic E-state index is 0.126. The molecule has 1 aromatic carbocycles. The Morgan fingerprint density at radius 2 is 1.93 bits per heavy atom. The molecule has 0 saturated heterocycles. The summed E-state index contributed by atoms with van der Waals surface area (Å²) in [6.07, 6.45) is 4.28. The monoisotopic (exact) mass is 363 g/mol. The molecule has 2 aromatic heterocycles. The van der Waals surface area contributed by atoms with Gasteiger partial charge in [0.25, 0.3) is 0 Å². The number of aromatic nitrogens is 2. The predicted molar refractivity (Wildman–Crippen MR) is 103 cm³/mol. The Balaban J connectivity index is 1.44. The number of aromatic amines is 1. The number of pyridine rings is 1. The SMILES string of the molecule is O=C(Cn1cc(C(=O)C2CC2)c2ccccc21)NCCc1cccc(=O)[nH]1. The van der Waals surface area contributed by atoms with E-state index in [1.165, 1.54) is 6.07 Å². The third-order valence-corrected chi connectivity index (χ3v) is 4.86. The maximum atomic E-state index is 12.5. The molecule has 138 valence electrons. The van der Waals surface area contributed by atoms with Gasteiger partial charge in [-0.05, 0) is 25.0 Å². The lowest BCUT2D eigenvalue weighted by molar-refractivity contribution is -0.121. The van der Waals surface area contributed by atoms with E-state index in [1.807, 2.05) is 34.9 Å². The van der Waals surface area contributed by atoms with Crippen molar-refractivity contribution in [3.05, 3.63) is 70.3 Å². The molecule has 0 bridgehead atoms. The molecule has 6 nitrogen and oxygen atoms in total. The smallest absolute Gasteiger partial charge is 0.248 e. The highest BCUT2D eigenvalue weighted by Crippen LogP contribution is 2.35. The second-order valence-electron chi connectivity index (χ2n) is 6.97. The lowest BCUT2D eigenvalue weighted by Gasteiger charge is -2.07. The quantitative estimate of drug-likeness (QED) is 0.632. The van der Waals surface area contributed by atoms with Crippen LogP contribution in [0.25, 0.3) is 10.9 Å². The highest BCUT2D eigenvalue weighted by Gasteiger charge is 2.32. The van der Waals surface area contributed by atoms with Crippen LogP contribution in [0.5, 0.6) is 0 Å². The number of hydrogen-bond donors (Lipinski definition) is 2. The van der Waals surface area contributed by atoms with Crippen molar-refractivity contribution in [1.29, 1.82) is 0 Å². The van der Waals surface area contributed by atoms with Crippen LogP contribution in [0.15, 0.2) is 53.5 Å². The van der Waals surface area contributed by atoms with E-state index in [0.717, 1.165) is 29.4 Å². The normalized spacial score (nSPS) is 13.6. The molecule has 6 heteroatoms. The Morgan fingerprint density at radius 3 is 2.70 bits per heavy atom. The van der Waals surface area contributed by atoms with E-state index in [9.17, 15) is 14.4 Å². The van der Waals surface area contributed by atoms with E-state index in [2.05, 4.69) is 10.3 Å². The lowest BCUT2D eigenvalue weighted by Crippen LogP contribution is -2.29. The van der Waals surface area contributed by atoms with Gasteiger partial charge in [0, 0.05) is 53.3 Å². The number of fused-ring (bicyclic) bond motifs is 1. The van der Waals surface area contributed by atoms with Gasteiger partial charge in [0.15, 0.2) is 5.78 Å². The summed E-state index contributed by atoms with van der Waals surface area (Å²) >= 11 is 0. The van der Waals surface area contributed by atoms with Gasteiger partial charge in [-0.1, -0.05) is 24.3 Å². The highest BCUT2D eigenvalue weighted by molar-refractivity contribution is 6.10. The van der Waals surface area contributed by atoms with E-state index in [-0.39, 0.29) is 29.7 Å². The maximum Gasteiger partial charge on any atom is 0.248 e. The number of nitrogens with one attached hydrogen (secondary N) is 2. The second-order valence-corrected chi connectivity index (χ2v) is 6.97. The first-order valence-corrected chi connectivity index (χ1v) is 9.19. The van der Waals surface area contributed by atoms with E-state index >= 15 is 0 Å². The first kappa shape index (κ1) is 17.3. The topological polar surface area (TPSA) is 84.0 Å². The molecule has 1 fully saturated rings. The van der Waals surface area contributed by atoms with E-state index in [4.69, 9.17) is 0 Å². The first-order chi connectivity index (χ1) is 13.1. The summed E-state index contributed by atoms with van der Waals surface area (Å²) in [5.41, 5.74) is 2.24. The van der Waals surface area contributed by atoms with E-state index in [0.29, 0.717) is 18.5 Å². The Kier molecular flexibility index (Phi) is 4.62. The molecular formula is C21H21N3O3. The van der Waals surface area contributed by atoms with Crippen LogP contribution in [0, 0.1) is 5.92 Å². The predicted octanol–water partition coefficient (Wildman–Crippen LogP) is 2.28. The summed E-state index contributed by atoms with van der Waals surface area (Å²) in [6, 6.07) is 12.7. The average molecular weight is 363 g/mol. The van der Waals surface area contributed by atoms with Crippen LogP contribution < -0.4 is 10.9 Å². The zero-order valence-electron chi connectivity index (χ0n) is 14.9. The van der Waals surface area contributed by atoms with E-state index < -0.39 is 0 Å². The molecule has 1 amide bonds. The molecular weight excluding hydrogens is 342 g/mol. The fourth-order valence-corrected chi connectivity index (χ4v) is 3.33. The van der Waals surface area contributed by atoms with Crippen LogP contribution >= 0.6 is 0 Å². The van der Waals surface area contributed by atoms with Crippen LogP contribution in [-0.2, 0) is 17.8 Å². The van der Waals surface area contributed by atoms with Crippen molar-refractivity contribution in [1.82, 2.24) is 14.9 Å². The third-order valence-electron chi connectivity index (χ3n) is 4.86. The molecule has 0 radical (unpaired) electrons. The van der Waals surface area contributed by atoms with Gasteiger partial charge >= 0.3 is 0 Å². The number of hydrogen-bond acceptors (Lipinski definition) is 3. The number of Topliss-reactive ketones (excluding diaryl/α,β-unsaturated/α-hetero) is 1. The average Bonchev–Trinajstić information content (AvgIpc) is 3.45. The Morgan fingerprint density at radius 1 is 1.11 bits per heavy atom. The Labute approximate surface area is 156 Å². The molecule has 27 heavy (non-hydrogen) atoms. The molecule has 0 atom stereocenters. The summed E-state index contributed by atoms with van der Waals surface area (Å²) in [4.78, 5) is 38.9. The lowest BCUT2D eigenvalue weighted by atomic mass is 10.1. The number of amides is 1. The van der Waals surface area contributed by atoms with E-state index in [1.54, 1.807) is 12.3 Å². The number of carbonyl (C=O) groups excluding carboxylic acids is 2. The van der Waals surface area contributed by atoms with Crippen LogP contribution in [0.2, 0.25) is 0 Å². The number of carbonyl (C=O) groups is 2. The van der Waals surface area contributed by atoms with Crippen LogP contribution in [0.4, 0.5) is 0 Å². The van der Waals surface area contributed by atoms with Gasteiger partial charge in [0.1, 0.15) is 6.54 Å². The van der Waals surface area contributed by atoms with Crippen molar-refractivity contribution in [2.24, 2.45) is 5.92 Å². The van der Waals surface area contributed by atoms with Crippen LogP contribution in [-0.4, -0.2) is 27.8 Å². The molecule has 2 heterocycles. The molecule has 0 spiro atoms. The number of benzene rings is 1. The fraction of sp³-hybridized carbons (Fsp3) is 0.286. The maximum absolute atomic E-state index is 12.5. The molecule has 2 N–H and O–H groups in total. The standard InChI is InChI=1S/C21H21N3O3/c25-19-7-3-4-15(23-19)10-11-22-20(26)13-24-12-17(21(27)14-8-9-14)16-5-1-2-6-18(16)24/h1-7,12,14H,8-11,13H2,(H,22,26)(H,23,25). The summed E-state index contributed by atoms with van der Waals surface area (Å²) in [6.45, 7) is 0.593. The summed E-state index contributed by atoms with van der Waals surface area (Å²) < 4.78 is 1.84. The van der Waals surface area contributed by atoms with Gasteiger partial charge in [-0.25, -0.2) is 0 Å². The van der Waals surface area contributed by atoms with Gasteiger partial charge in [0.2, 0.25) is 11.5 Å². The van der Waals surface area contributed by atoms with Crippen LogP contribution in [0.1, 0.15) is 28.9 Å². The van der Waals surface area contributed by atoms with Crippen molar-refractivity contribution >= 4 is 22.6 Å². The van der Waals surface area contributed by atoms with Gasteiger partial charge in [-0.2, -0.15) is 0 Å². The fourth-order valence-electron chi connectivity index (χ4n) is 3.33. The zero-order valence-corrected chi connectivity index (χ0v) is 14.9. The molecule has 0 unspecified atom stereocenters. The number of nitrogens with zero attached hydrogens (tertiary/aromatic N) is 1. The van der Waals surface area contributed by atoms with Crippen molar-refractivity contribution < 1.29 is 9.59 Å². The highest BCUT2D eigenvalue weighted by atomic mass is 16.2. The zero-order chi connectivity index (χ0) is 18.8. The molecule has 1 aliphatic rings. The molecule has 1 saturated carbocycles. The van der Waals surface area contributed by atoms with Crippen molar-refractivity contribution in [2.75, 3.05) is 6.54 Å². The molecule has 3 aromatic rings. The Bertz CT molecular complexity index is 1060. The minimum Gasteiger partial charge on any atom is -0.354 e. The second kappa shape index (κ2) is 7.23. The van der Waals surface area contributed by atoms with Gasteiger partial charge in [-0.3, -0.25) is 14.4 Å². The number of ketones is 1. The van der Waals surface area contributed by atoms with Crippen molar-refractivity contribution in [3.63, 3.8) is 0 Å². The summed E-state index contributed by atoms with van der Waals surface area (Å²) in [5.74, 6) is 0.198. The third kappa shape index (κ3) is 3.84. The van der Waals surface area contributed by atoms with Gasteiger partial charge in [-0.15, -0.1) is 0 Å². The number of rotatable bonds is 7. The number of H-pyrrole nitrogens is 1. The number of para-hydroxylation sites is 1. The molecule has 0 aliphatic heterocycles. The molecule has 4 rings (SSSR count). The van der Waals surface area contributed by atoms with Crippen molar-refractivity contribution in [2.45, 2.75) is 25.8 Å². The minimum atomic E-state index is -0.148. The van der Waals surface area contributed by atoms with Gasteiger partial charge < -0.3 is 14.9 Å². The Hall–Kier alpha value is -3.15. The molecule has 1 aliphatic carbocycles.